The molecule has 0 bridgehead atoms. The van der Waals surface area contributed by atoms with Gasteiger partial charge in [0, 0.05) is 0 Å². The van der Waals surface area contributed by atoms with E-state index in [1.165, 1.54) is 7.11 Å². The summed E-state index contributed by atoms with van der Waals surface area (Å²) in [5, 5.41) is 10.1. The minimum Gasteiger partial charge on any atom is -0.467 e. The molecule has 3 N–H and O–H groups in total. The first-order chi connectivity index (χ1) is 24.5. The second-order valence-corrected chi connectivity index (χ2v) is 19.8. The topological polar surface area (TPSA) is 132 Å². The lowest BCUT2D eigenvalue weighted by Crippen LogP contribution is -2.68. The van der Waals surface area contributed by atoms with Gasteiger partial charge in [-0.25, -0.2) is 9.59 Å². The summed E-state index contributed by atoms with van der Waals surface area (Å²) in [6.07, 6.45) is 0.303. The highest BCUT2D eigenvalue weighted by molar-refractivity contribution is 6.99. The summed E-state index contributed by atoms with van der Waals surface area (Å²) in [5.74, 6) is -1.78. The standard InChI is InChI=1S/C41H57N3O7Si/c1-29(2)27-34(42-36(45)33(44-39(48)51-40(3,4)5)26-25-30-19-13-10-14-20-30)37(46)43-35(38(47)49-9)28-50-52(41(6,7)8,31-21-15-11-16-22-31)32-23-17-12-18-24-32/h10-24,29,33-35H,25-28H2,1-9H3,(H,42,45)(H,43,46)(H,44,48)/t33-,34-,35-/m0/s1. The smallest absolute Gasteiger partial charge is 0.408 e. The number of nitrogens with one attached hydrogen (secondary N) is 3. The molecule has 0 aliphatic heterocycles. The number of carbonyl (C=O) groups is 4. The number of carbonyl (C=O) groups excluding carboxylic acids is 4. The fourth-order valence-corrected chi connectivity index (χ4v) is 10.8. The number of aryl methyl sites for hydroxylation is 1. The number of amides is 3. The number of ether oxygens (including phenoxy) is 2. The van der Waals surface area contributed by atoms with Crippen molar-refractivity contribution in [1.82, 2.24) is 16.0 Å². The van der Waals surface area contributed by atoms with Crippen LogP contribution in [0.2, 0.25) is 5.04 Å². The number of benzene rings is 3. The average molecular weight is 732 g/mol. The van der Waals surface area contributed by atoms with Crippen molar-refractivity contribution < 1.29 is 33.1 Å². The van der Waals surface area contributed by atoms with Gasteiger partial charge in [0.05, 0.1) is 13.7 Å². The normalized spacial score (nSPS) is 13.7. The van der Waals surface area contributed by atoms with Gasteiger partial charge in [0.2, 0.25) is 11.8 Å². The first-order valence-electron chi connectivity index (χ1n) is 17.9. The Balaban J connectivity index is 1.89. The minimum atomic E-state index is -3.07. The average Bonchev–Trinajstić information content (AvgIpc) is 3.08. The van der Waals surface area contributed by atoms with Gasteiger partial charge in [-0.1, -0.05) is 126 Å². The molecule has 0 saturated carbocycles. The third-order valence-corrected chi connectivity index (χ3v) is 13.6. The van der Waals surface area contributed by atoms with Crippen LogP contribution >= 0.6 is 0 Å². The number of alkyl carbamates (subject to hydrolysis) is 1. The van der Waals surface area contributed by atoms with E-state index in [-0.39, 0.29) is 30.4 Å². The maximum atomic E-state index is 14.0. The number of esters is 1. The molecule has 0 aromatic heterocycles. The highest BCUT2D eigenvalue weighted by Gasteiger charge is 2.51. The Hall–Kier alpha value is -4.48. The molecule has 3 amide bonds. The molecule has 3 rings (SSSR count). The van der Waals surface area contributed by atoms with Gasteiger partial charge in [0.1, 0.15) is 23.7 Å². The molecule has 0 radical (unpaired) electrons. The van der Waals surface area contributed by atoms with Crippen molar-refractivity contribution >= 4 is 42.6 Å². The van der Waals surface area contributed by atoms with Gasteiger partial charge in [-0.15, -0.1) is 0 Å². The van der Waals surface area contributed by atoms with E-state index in [2.05, 4.69) is 36.7 Å². The zero-order valence-corrected chi connectivity index (χ0v) is 33.2. The predicted molar refractivity (Wildman–Crippen MR) is 207 cm³/mol. The van der Waals surface area contributed by atoms with Crippen molar-refractivity contribution in [1.29, 1.82) is 0 Å². The molecule has 282 valence electrons. The van der Waals surface area contributed by atoms with Crippen LogP contribution in [0.1, 0.15) is 73.8 Å². The first-order valence-corrected chi connectivity index (χ1v) is 19.8. The third kappa shape index (κ3) is 12.1. The summed E-state index contributed by atoms with van der Waals surface area (Å²) < 4.78 is 17.6. The molecule has 0 heterocycles. The molecule has 3 aromatic rings. The molecule has 3 atom stereocenters. The Bertz CT molecular complexity index is 1550. The number of hydrogen-bond donors (Lipinski definition) is 3. The molecule has 0 aliphatic carbocycles. The van der Waals surface area contributed by atoms with Gasteiger partial charge >= 0.3 is 12.1 Å². The van der Waals surface area contributed by atoms with Crippen LogP contribution in [0.15, 0.2) is 91.0 Å². The van der Waals surface area contributed by atoms with E-state index in [1.54, 1.807) is 20.8 Å². The summed E-state index contributed by atoms with van der Waals surface area (Å²) >= 11 is 0. The van der Waals surface area contributed by atoms with Crippen molar-refractivity contribution in [3.8, 4) is 0 Å². The Kier molecular flexibility index (Phi) is 15.2. The van der Waals surface area contributed by atoms with E-state index in [0.29, 0.717) is 6.42 Å². The van der Waals surface area contributed by atoms with Crippen molar-refractivity contribution in [2.45, 2.75) is 103 Å². The highest BCUT2D eigenvalue weighted by Crippen LogP contribution is 2.36. The molecule has 10 nitrogen and oxygen atoms in total. The van der Waals surface area contributed by atoms with Gasteiger partial charge < -0.3 is 29.9 Å². The van der Waals surface area contributed by atoms with Crippen LogP contribution < -0.4 is 26.3 Å². The monoisotopic (exact) mass is 731 g/mol. The van der Waals surface area contributed by atoms with Gasteiger partial charge in [0.15, 0.2) is 0 Å². The second kappa shape index (κ2) is 18.8. The lowest BCUT2D eigenvalue weighted by atomic mass is 10.0. The van der Waals surface area contributed by atoms with Crippen molar-refractivity contribution in [2.24, 2.45) is 5.92 Å². The van der Waals surface area contributed by atoms with E-state index in [9.17, 15) is 19.2 Å². The summed E-state index contributed by atoms with van der Waals surface area (Å²) in [4.78, 5) is 54.0. The van der Waals surface area contributed by atoms with E-state index in [0.717, 1.165) is 15.9 Å². The third-order valence-electron chi connectivity index (χ3n) is 8.60. The summed E-state index contributed by atoms with van der Waals surface area (Å²) in [6, 6.07) is 26.4. The number of hydrogen-bond acceptors (Lipinski definition) is 7. The SMILES string of the molecule is COC(=O)[C@H](CO[Si](c1ccccc1)(c1ccccc1)C(C)(C)C)NC(=O)[C@H](CC(C)C)NC(=O)[C@H](CCc1ccccc1)NC(=O)OC(C)(C)C. The maximum Gasteiger partial charge on any atom is 0.408 e. The van der Waals surface area contributed by atoms with E-state index in [4.69, 9.17) is 13.9 Å². The molecule has 0 spiro atoms. The second-order valence-electron chi connectivity index (χ2n) is 15.5. The summed E-state index contributed by atoms with van der Waals surface area (Å²) in [5.41, 5.74) is 0.217. The first kappa shape index (κ1) is 41.9. The van der Waals surface area contributed by atoms with Gasteiger partial charge in [-0.2, -0.15) is 0 Å². The quantitative estimate of drug-likeness (QED) is 0.135. The molecular formula is C41H57N3O7Si. The van der Waals surface area contributed by atoms with Crippen molar-refractivity contribution in [3.63, 3.8) is 0 Å². The fourth-order valence-electron chi connectivity index (χ4n) is 6.20. The van der Waals surface area contributed by atoms with Crippen LogP contribution in [-0.2, 0) is 34.7 Å². The summed E-state index contributed by atoms with van der Waals surface area (Å²) in [7, 11) is -1.81. The molecular weight excluding hydrogens is 675 g/mol. The maximum absolute atomic E-state index is 14.0. The Morgan fingerprint density at radius 2 is 1.15 bits per heavy atom. The minimum absolute atomic E-state index is 0.00238. The van der Waals surface area contributed by atoms with Crippen molar-refractivity contribution in [2.75, 3.05) is 13.7 Å². The van der Waals surface area contributed by atoms with Crippen LogP contribution in [0.4, 0.5) is 4.79 Å². The molecule has 0 fully saturated rings. The zero-order valence-electron chi connectivity index (χ0n) is 32.2. The van der Waals surface area contributed by atoms with E-state index in [1.807, 2.05) is 105 Å². The predicted octanol–water partition coefficient (Wildman–Crippen LogP) is 5.28. The van der Waals surface area contributed by atoms with Crippen molar-refractivity contribution in [3.05, 3.63) is 96.6 Å². The van der Waals surface area contributed by atoms with Crippen LogP contribution in [0.25, 0.3) is 0 Å². The largest absolute Gasteiger partial charge is 0.467 e. The Morgan fingerprint density at radius 3 is 1.62 bits per heavy atom. The van der Waals surface area contributed by atoms with Gasteiger partial charge in [-0.05, 0) is 66.9 Å². The van der Waals surface area contributed by atoms with E-state index >= 15 is 0 Å². The van der Waals surface area contributed by atoms with Crippen LogP contribution in [-0.4, -0.2) is 69.6 Å². The molecule has 0 saturated heterocycles. The van der Waals surface area contributed by atoms with Crippen LogP contribution in [0.5, 0.6) is 0 Å². The molecule has 52 heavy (non-hydrogen) atoms. The lowest BCUT2D eigenvalue weighted by molar-refractivity contribution is -0.146. The Labute approximate surface area is 310 Å². The number of methoxy groups -OCH3 is 1. The highest BCUT2D eigenvalue weighted by atomic mass is 28.4. The van der Waals surface area contributed by atoms with Crippen LogP contribution in [0, 0.1) is 5.92 Å². The van der Waals surface area contributed by atoms with E-state index < -0.39 is 55.9 Å². The molecule has 11 heteroatoms. The van der Waals surface area contributed by atoms with Gasteiger partial charge in [0.25, 0.3) is 8.32 Å². The molecule has 0 aliphatic rings. The summed E-state index contributed by atoms with van der Waals surface area (Å²) in [6.45, 7) is 15.3. The van der Waals surface area contributed by atoms with Crippen LogP contribution in [0.3, 0.4) is 0 Å². The molecule has 3 aromatic carbocycles. The fraction of sp³-hybridized carbons (Fsp3) is 0.463. The zero-order chi connectivity index (χ0) is 38.5. The van der Waals surface area contributed by atoms with Gasteiger partial charge in [-0.3, -0.25) is 9.59 Å². The molecule has 0 unspecified atom stereocenters. The number of rotatable bonds is 16. The lowest BCUT2D eigenvalue weighted by Gasteiger charge is -2.43. The Morgan fingerprint density at radius 1 is 0.673 bits per heavy atom.